The number of aryl methyl sites for hydroxylation is 1. The minimum atomic E-state index is -0.198. The molecule has 1 heterocycles. The average Bonchev–Trinajstić information content (AvgIpc) is 2.29. The summed E-state index contributed by atoms with van der Waals surface area (Å²) in [5.74, 6) is 0.635. The van der Waals surface area contributed by atoms with Crippen LogP contribution in [0.25, 0.3) is 0 Å². The van der Waals surface area contributed by atoms with Crippen molar-refractivity contribution in [3.8, 4) is 5.75 Å². The van der Waals surface area contributed by atoms with E-state index in [-0.39, 0.29) is 24.5 Å². The van der Waals surface area contributed by atoms with E-state index in [1.165, 1.54) is 0 Å². The molecule has 18 heavy (non-hydrogen) atoms. The van der Waals surface area contributed by atoms with Gasteiger partial charge in [0.05, 0.1) is 13.0 Å². The molecule has 0 fully saturated rings. The molecule has 100 valence electrons. The summed E-state index contributed by atoms with van der Waals surface area (Å²) >= 11 is 0. The normalized spacial score (nSPS) is 17.1. The highest BCUT2D eigenvalue weighted by molar-refractivity contribution is 5.85. The first-order valence-corrected chi connectivity index (χ1v) is 5.89. The van der Waals surface area contributed by atoms with Gasteiger partial charge in [-0.15, -0.1) is 12.4 Å². The zero-order valence-electron chi connectivity index (χ0n) is 10.3. The molecule has 2 N–H and O–H groups in total. The SMILES string of the molecule is CCOC(=O)C[C@H]1CCc2cc(N)ccc2O1.Cl. The van der Waals surface area contributed by atoms with Crippen molar-refractivity contribution >= 4 is 24.1 Å². The van der Waals surface area contributed by atoms with Gasteiger partial charge in [-0.25, -0.2) is 0 Å². The Morgan fingerprint density at radius 2 is 2.33 bits per heavy atom. The molecule has 1 aromatic rings. The zero-order valence-corrected chi connectivity index (χ0v) is 11.2. The standard InChI is InChI=1S/C13H17NO3.ClH/c1-2-16-13(15)8-11-5-3-9-7-10(14)4-6-12(9)17-11;/h4,6-7,11H,2-3,5,8,14H2,1H3;1H/t11-;/m1./s1. The molecule has 0 bridgehead atoms. The first kappa shape index (κ1) is 14.6. The first-order chi connectivity index (χ1) is 8.19. The van der Waals surface area contributed by atoms with E-state index in [4.69, 9.17) is 15.2 Å². The molecule has 2 rings (SSSR count). The van der Waals surface area contributed by atoms with Gasteiger partial charge in [0.15, 0.2) is 0 Å². The highest BCUT2D eigenvalue weighted by atomic mass is 35.5. The Morgan fingerprint density at radius 1 is 1.56 bits per heavy atom. The van der Waals surface area contributed by atoms with Crippen molar-refractivity contribution in [2.45, 2.75) is 32.3 Å². The van der Waals surface area contributed by atoms with E-state index in [2.05, 4.69) is 0 Å². The van der Waals surface area contributed by atoms with Gasteiger partial charge < -0.3 is 15.2 Å². The third-order valence-corrected chi connectivity index (χ3v) is 2.81. The van der Waals surface area contributed by atoms with Crippen LogP contribution in [-0.4, -0.2) is 18.7 Å². The molecule has 0 unspecified atom stereocenters. The maximum Gasteiger partial charge on any atom is 0.309 e. The van der Waals surface area contributed by atoms with E-state index < -0.39 is 0 Å². The van der Waals surface area contributed by atoms with Gasteiger partial charge in [-0.2, -0.15) is 0 Å². The van der Waals surface area contributed by atoms with E-state index in [1.54, 1.807) is 6.92 Å². The van der Waals surface area contributed by atoms with Crippen LogP contribution in [0.15, 0.2) is 18.2 Å². The third kappa shape index (κ3) is 3.53. The third-order valence-electron chi connectivity index (χ3n) is 2.81. The highest BCUT2D eigenvalue weighted by Crippen LogP contribution is 2.30. The fourth-order valence-electron chi connectivity index (χ4n) is 2.01. The van der Waals surface area contributed by atoms with E-state index in [9.17, 15) is 4.79 Å². The van der Waals surface area contributed by atoms with Crippen LogP contribution in [0.2, 0.25) is 0 Å². The van der Waals surface area contributed by atoms with Gasteiger partial charge in [0, 0.05) is 5.69 Å². The summed E-state index contributed by atoms with van der Waals surface area (Å²) in [6.07, 6.45) is 1.96. The lowest BCUT2D eigenvalue weighted by Crippen LogP contribution is -2.26. The number of hydrogen-bond acceptors (Lipinski definition) is 4. The molecule has 4 nitrogen and oxygen atoms in total. The minimum absolute atomic E-state index is 0. The number of carbonyl (C=O) groups is 1. The smallest absolute Gasteiger partial charge is 0.309 e. The number of esters is 1. The van der Waals surface area contributed by atoms with Gasteiger partial charge in [0.2, 0.25) is 0 Å². The van der Waals surface area contributed by atoms with Crippen LogP contribution in [0.5, 0.6) is 5.75 Å². The molecule has 1 atom stereocenters. The average molecular weight is 272 g/mol. The van der Waals surface area contributed by atoms with Crippen molar-refractivity contribution in [1.29, 1.82) is 0 Å². The van der Waals surface area contributed by atoms with Crippen molar-refractivity contribution < 1.29 is 14.3 Å². The summed E-state index contributed by atoms with van der Waals surface area (Å²) in [6, 6.07) is 5.60. The quantitative estimate of drug-likeness (QED) is 0.677. The van der Waals surface area contributed by atoms with Gasteiger partial charge in [-0.3, -0.25) is 4.79 Å². The van der Waals surface area contributed by atoms with Crippen LogP contribution in [0, 0.1) is 0 Å². The van der Waals surface area contributed by atoms with E-state index in [0.29, 0.717) is 13.0 Å². The van der Waals surface area contributed by atoms with Crippen molar-refractivity contribution in [3.05, 3.63) is 23.8 Å². The molecule has 5 heteroatoms. The molecular formula is C13H18ClNO3. The second-order valence-electron chi connectivity index (χ2n) is 4.15. The largest absolute Gasteiger partial charge is 0.490 e. The molecule has 0 aliphatic carbocycles. The van der Waals surface area contributed by atoms with Crippen molar-refractivity contribution in [3.63, 3.8) is 0 Å². The summed E-state index contributed by atoms with van der Waals surface area (Å²) in [7, 11) is 0. The maximum atomic E-state index is 11.4. The van der Waals surface area contributed by atoms with Gasteiger partial charge in [0.25, 0.3) is 0 Å². The molecule has 0 amide bonds. The lowest BCUT2D eigenvalue weighted by Gasteiger charge is -2.25. The number of ether oxygens (including phenoxy) is 2. The number of carbonyl (C=O) groups excluding carboxylic acids is 1. The summed E-state index contributed by atoms with van der Waals surface area (Å²) in [5, 5.41) is 0. The van der Waals surface area contributed by atoms with Crippen molar-refractivity contribution in [2.75, 3.05) is 12.3 Å². The predicted molar refractivity (Wildman–Crippen MR) is 72.1 cm³/mol. The van der Waals surface area contributed by atoms with Gasteiger partial charge in [0.1, 0.15) is 11.9 Å². The number of rotatable bonds is 3. The Hall–Kier alpha value is -1.42. The van der Waals surface area contributed by atoms with E-state index in [0.717, 1.165) is 29.8 Å². The Labute approximate surface area is 113 Å². The number of anilines is 1. The Kier molecular flexibility index (Phi) is 5.28. The molecule has 0 radical (unpaired) electrons. The Balaban J connectivity index is 0.00000162. The van der Waals surface area contributed by atoms with Crippen LogP contribution in [0.4, 0.5) is 5.69 Å². The summed E-state index contributed by atoms with van der Waals surface area (Å²) in [4.78, 5) is 11.4. The molecule has 1 aromatic carbocycles. The zero-order chi connectivity index (χ0) is 12.3. The van der Waals surface area contributed by atoms with E-state index in [1.807, 2.05) is 18.2 Å². The molecular weight excluding hydrogens is 254 g/mol. The lowest BCUT2D eigenvalue weighted by atomic mass is 10.00. The van der Waals surface area contributed by atoms with Gasteiger partial charge in [-0.05, 0) is 43.5 Å². The Morgan fingerprint density at radius 3 is 3.06 bits per heavy atom. The number of benzene rings is 1. The summed E-state index contributed by atoms with van der Waals surface area (Å²) in [6.45, 7) is 2.22. The number of nitrogens with two attached hydrogens (primary N) is 1. The van der Waals surface area contributed by atoms with Crippen LogP contribution in [0.1, 0.15) is 25.3 Å². The fraction of sp³-hybridized carbons (Fsp3) is 0.462. The molecule has 0 spiro atoms. The fourth-order valence-corrected chi connectivity index (χ4v) is 2.01. The van der Waals surface area contributed by atoms with E-state index >= 15 is 0 Å². The van der Waals surface area contributed by atoms with Crippen LogP contribution in [0.3, 0.4) is 0 Å². The minimum Gasteiger partial charge on any atom is -0.490 e. The predicted octanol–water partition coefficient (Wildman–Crippen LogP) is 2.34. The van der Waals surface area contributed by atoms with Crippen molar-refractivity contribution in [1.82, 2.24) is 0 Å². The monoisotopic (exact) mass is 271 g/mol. The molecule has 0 saturated heterocycles. The van der Waals surface area contributed by atoms with Gasteiger partial charge in [-0.1, -0.05) is 0 Å². The molecule has 1 aliphatic rings. The van der Waals surface area contributed by atoms with Crippen LogP contribution >= 0.6 is 12.4 Å². The first-order valence-electron chi connectivity index (χ1n) is 5.89. The topological polar surface area (TPSA) is 61.5 Å². The number of hydrogen-bond donors (Lipinski definition) is 1. The maximum absolute atomic E-state index is 11.4. The molecule has 1 aliphatic heterocycles. The second kappa shape index (κ2) is 6.50. The van der Waals surface area contributed by atoms with Crippen molar-refractivity contribution in [2.24, 2.45) is 0 Å². The van der Waals surface area contributed by atoms with Crippen LogP contribution < -0.4 is 10.5 Å². The number of fused-ring (bicyclic) bond motifs is 1. The highest BCUT2D eigenvalue weighted by Gasteiger charge is 2.22. The molecule has 0 saturated carbocycles. The summed E-state index contributed by atoms with van der Waals surface area (Å²) < 4.78 is 10.7. The number of nitrogen functional groups attached to an aromatic ring is 1. The lowest BCUT2D eigenvalue weighted by molar-refractivity contribution is -0.145. The van der Waals surface area contributed by atoms with Crippen LogP contribution in [-0.2, 0) is 16.0 Å². The number of halogens is 1. The second-order valence-corrected chi connectivity index (χ2v) is 4.15. The molecule has 0 aromatic heterocycles. The van der Waals surface area contributed by atoms with Gasteiger partial charge >= 0.3 is 5.97 Å². The summed E-state index contributed by atoms with van der Waals surface area (Å²) in [5.41, 5.74) is 7.57. The Bertz CT molecular complexity index is 423.